The van der Waals surface area contributed by atoms with Crippen LogP contribution < -0.4 is 0 Å². The average Bonchev–Trinajstić information content (AvgIpc) is 3.16. The summed E-state index contributed by atoms with van der Waals surface area (Å²) in [7, 11) is -3.95. The van der Waals surface area contributed by atoms with Crippen molar-refractivity contribution in [1.82, 2.24) is 4.31 Å². The highest BCUT2D eigenvalue weighted by atomic mass is 32.2. The molecule has 2 unspecified atom stereocenters. The van der Waals surface area contributed by atoms with Crippen LogP contribution in [0.5, 0.6) is 0 Å². The molecule has 0 bridgehead atoms. The zero-order chi connectivity index (χ0) is 22.2. The van der Waals surface area contributed by atoms with Crippen LogP contribution in [0.3, 0.4) is 0 Å². The van der Waals surface area contributed by atoms with Crippen molar-refractivity contribution in [2.45, 2.75) is 43.9 Å². The minimum Gasteiger partial charge on any atom is -0.460 e. The molecule has 3 aromatic rings. The van der Waals surface area contributed by atoms with E-state index in [0.29, 0.717) is 0 Å². The molecule has 1 aliphatic rings. The molecule has 0 spiro atoms. The maximum absolute atomic E-state index is 13.2. The van der Waals surface area contributed by atoms with E-state index < -0.39 is 28.1 Å². The van der Waals surface area contributed by atoms with E-state index in [4.69, 9.17) is 4.74 Å². The molecule has 0 amide bonds. The van der Waals surface area contributed by atoms with Crippen molar-refractivity contribution in [2.24, 2.45) is 0 Å². The molecule has 0 saturated carbocycles. The van der Waals surface area contributed by atoms with Crippen LogP contribution in [0.15, 0.2) is 65.6 Å². The first-order valence-corrected chi connectivity index (χ1v) is 11.6. The van der Waals surface area contributed by atoms with Crippen LogP contribution in [0.1, 0.15) is 23.1 Å². The lowest BCUT2D eigenvalue weighted by Gasteiger charge is -2.23. The fraction of sp³-hybridized carbons (Fsp3) is 0.292. The fourth-order valence-electron chi connectivity index (χ4n) is 3.94. The van der Waals surface area contributed by atoms with E-state index in [2.05, 4.69) is 0 Å². The van der Waals surface area contributed by atoms with E-state index in [0.717, 1.165) is 31.8 Å². The first-order chi connectivity index (χ1) is 14.8. The molecule has 1 saturated heterocycles. The van der Waals surface area contributed by atoms with Gasteiger partial charge >= 0.3 is 5.97 Å². The Bertz CT molecular complexity index is 1230. The normalized spacial score (nSPS) is 19.6. The first-order valence-electron chi connectivity index (χ1n) is 10.2. The summed E-state index contributed by atoms with van der Waals surface area (Å²) in [5.74, 6) is -0.656. The molecule has 7 heteroatoms. The third kappa shape index (κ3) is 4.21. The predicted molar refractivity (Wildman–Crippen MR) is 118 cm³/mol. The first kappa shape index (κ1) is 21.5. The van der Waals surface area contributed by atoms with E-state index in [1.807, 2.05) is 56.3 Å². The molecule has 2 atom stereocenters. The van der Waals surface area contributed by atoms with Crippen LogP contribution in [-0.4, -0.2) is 42.5 Å². The molecule has 31 heavy (non-hydrogen) atoms. The molecule has 0 radical (unpaired) electrons. The second-order valence-electron chi connectivity index (χ2n) is 7.97. The number of aliphatic hydroxyl groups excluding tert-OH is 1. The number of carbonyl (C=O) groups excluding carboxylic acids is 1. The molecule has 162 valence electrons. The Morgan fingerprint density at radius 1 is 1.06 bits per heavy atom. The number of hydrogen-bond donors (Lipinski definition) is 1. The zero-order valence-corrected chi connectivity index (χ0v) is 18.3. The summed E-state index contributed by atoms with van der Waals surface area (Å²) in [5.41, 5.74) is 2.66. The highest BCUT2D eigenvalue weighted by molar-refractivity contribution is 7.89. The Kier molecular flexibility index (Phi) is 5.83. The van der Waals surface area contributed by atoms with Crippen molar-refractivity contribution in [3.05, 3.63) is 77.4 Å². The van der Waals surface area contributed by atoms with Crippen molar-refractivity contribution in [2.75, 3.05) is 6.54 Å². The number of sulfonamides is 1. The van der Waals surface area contributed by atoms with Crippen LogP contribution in [0.2, 0.25) is 0 Å². The predicted octanol–water partition coefficient (Wildman–Crippen LogP) is 3.32. The van der Waals surface area contributed by atoms with Gasteiger partial charge in [0, 0.05) is 13.0 Å². The van der Waals surface area contributed by atoms with Crippen LogP contribution in [0, 0.1) is 13.8 Å². The summed E-state index contributed by atoms with van der Waals surface area (Å²) in [6.07, 6.45) is -0.908. The van der Waals surface area contributed by atoms with Gasteiger partial charge in [-0.2, -0.15) is 4.31 Å². The number of fused-ring (bicyclic) bond motifs is 1. The Balaban J connectivity index is 1.55. The lowest BCUT2D eigenvalue weighted by molar-refractivity contribution is -0.148. The van der Waals surface area contributed by atoms with E-state index in [9.17, 15) is 18.3 Å². The number of aliphatic hydroxyl groups is 1. The molecule has 0 aromatic heterocycles. The van der Waals surface area contributed by atoms with Gasteiger partial charge in [0.25, 0.3) is 0 Å². The van der Waals surface area contributed by atoms with Crippen molar-refractivity contribution in [3.8, 4) is 0 Å². The molecule has 1 aliphatic heterocycles. The Hall–Kier alpha value is -2.74. The van der Waals surface area contributed by atoms with Gasteiger partial charge in [0.2, 0.25) is 10.0 Å². The lowest BCUT2D eigenvalue weighted by Crippen LogP contribution is -2.41. The van der Waals surface area contributed by atoms with Gasteiger partial charge in [-0.1, -0.05) is 48.5 Å². The largest absolute Gasteiger partial charge is 0.460 e. The summed E-state index contributed by atoms with van der Waals surface area (Å²) in [5, 5.41) is 12.1. The number of benzene rings is 3. The number of β-amino-alcohol motifs (C(OH)–C–C–N with tert-alkyl or cyclic N) is 1. The van der Waals surface area contributed by atoms with Crippen molar-refractivity contribution in [3.63, 3.8) is 0 Å². The summed E-state index contributed by atoms with van der Waals surface area (Å²) < 4.78 is 33.0. The zero-order valence-electron chi connectivity index (χ0n) is 17.5. The van der Waals surface area contributed by atoms with Gasteiger partial charge in [-0.15, -0.1) is 0 Å². The van der Waals surface area contributed by atoms with Gasteiger partial charge in [0.15, 0.2) is 0 Å². The molecule has 3 aromatic carbocycles. The highest BCUT2D eigenvalue weighted by Gasteiger charge is 2.44. The van der Waals surface area contributed by atoms with Gasteiger partial charge in [0.1, 0.15) is 12.6 Å². The topological polar surface area (TPSA) is 83.9 Å². The van der Waals surface area contributed by atoms with Gasteiger partial charge < -0.3 is 9.84 Å². The Labute approximate surface area is 182 Å². The number of carbonyl (C=O) groups is 1. The van der Waals surface area contributed by atoms with Gasteiger partial charge in [-0.3, -0.25) is 4.79 Å². The fourth-order valence-corrected chi connectivity index (χ4v) is 5.65. The molecule has 4 rings (SSSR count). The smallest absolute Gasteiger partial charge is 0.324 e. The molecule has 6 nitrogen and oxygen atoms in total. The minimum absolute atomic E-state index is 0.0123. The number of nitrogens with zero attached hydrogens (tertiary/aromatic N) is 1. The van der Waals surface area contributed by atoms with Crippen molar-refractivity contribution < 1.29 is 23.1 Å². The molecule has 1 fully saturated rings. The van der Waals surface area contributed by atoms with E-state index in [-0.39, 0.29) is 24.5 Å². The van der Waals surface area contributed by atoms with Crippen LogP contribution in [-0.2, 0) is 26.2 Å². The second kappa shape index (κ2) is 8.42. The van der Waals surface area contributed by atoms with Crippen LogP contribution in [0.25, 0.3) is 10.8 Å². The Morgan fingerprint density at radius 3 is 2.58 bits per heavy atom. The lowest BCUT2D eigenvalue weighted by atomic mass is 10.1. The maximum Gasteiger partial charge on any atom is 0.324 e. The van der Waals surface area contributed by atoms with Gasteiger partial charge in [-0.25, -0.2) is 8.42 Å². The third-order valence-electron chi connectivity index (χ3n) is 5.84. The Morgan fingerprint density at radius 2 is 1.81 bits per heavy atom. The number of hydrogen-bond acceptors (Lipinski definition) is 5. The quantitative estimate of drug-likeness (QED) is 0.617. The summed E-state index contributed by atoms with van der Waals surface area (Å²) in [6.45, 7) is 3.63. The SMILES string of the molecule is Cc1ccc(S(=O)(=O)N2CC(O)CC2C(=O)OCc2cccc3ccccc23)cc1C. The third-order valence-corrected chi connectivity index (χ3v) is 7.71. The van der Waals surface area contributed by atoms with Crippen molar-refractivity contribution >= 4 is 26.8 Å². The molecule has 0 aliphatic carbocycles. The molecular formula is C24H25NO5S. The van der Waals surface area contributed by atoms with Crippen molar-refractivity contribution in [1.29, 1.82) is 0 Å². The number of ether oxygens (including phenoxy) is 1. The number of aryl methyl sites for hydroxylation is 2. The maximum atomic E-state index is 13.2. The summed E-state index contributed by atoms with van der Waals surface area (Å²) in [6, 6.07) is 17.3. The molecule has 1 heterocycles. The summed E-state index contributed by atoms with van der Waals surface area (Å²) >= 11 is 0. The second-order valence-corrected chi connectivity index (χ2v) is 9.86. The monoisotopic (exact) mass is 439 g/mol. The number of esters is 1. The number of rotatable bonds is 5. The van der Waals surface area contributed by atoms with Crippen LogP contribution in [0.4, 0.5) is 0 Å². The van der Waals surface area contributed by atoms with Gasteiger partial charge in [-0.05, 0) is 53.4 Å². The highest BCUT2D eigenvalue weighted by Crippen LogP contribution is 2.29. The standard InChI is InChI=1S/C24H25NO5S/c1-16-10-11-21(12-17(16)2)31(28,29)25-14-20(26)13-23(25)24(27)30-15-19-8-5-7-18-6-3-4-9-22(18)19/h3-12,20,23,26H,13-15H2,1-2H3. The summed E-state index contributed by atoms with van der Waals surface area (Å²) in [4.78, 5) is 13.0. The molecule has 1 N–H and O–H groups in total. The average molecular weight is 440 g/mol. The van der Waals surface area contributed by atoms with Crippen LogP contribution >= 0.6 is 0 Å². The van der Waals surface area contributed by atoms with E-state index >= 15 is 0 Å². The van der Waals surface area contributed by atoms with E-state index in [1.165, 1.54) is 6.07 Å². The minimum atomic E-state index is -3.95. The van der Waals surface area contributed by atoms with E-state index in [1.54, 1.807) is 12.1 Å². The molecular weight excluding hydrogens is 414 g/mol. The van der Waals surface area contributed by atoms with Gasteiger partial charge in [0.05, 0.1) is 11.0 Å².